The minimum Gasteiger partial charge on any atom is -0.396 e. The topological polar surface area (TPSA) is 120 Å². The molecule has 0 aromatic rings. The molecule has 33 heavy (non-hydrogen) atoms. The third kappa shape index (κ3) is 4.62. The summed E-state index contributed by atoms with van der Waals surface area (Å²) in [6, 6.07) is -0.711. The monoisotopic (exact) mass is 466 g/mol. The maximum absolute atomic E-state index is 13.6. The van der Waals surface area contributed by atoms with Crippen molar-refractivity contribution in [3.05, 3.63) is 0 Å². The van der Waals surface area contributed by atoms with E-state index >= 15 is 0 Å². The number of unbranched alkanes of at least 4 members (excludes halogenated alkanes) is 3. The fraction of sp³-hybridized carbons (Fsp3) is 0.870. The summed E-state index contributed by atoms with van der Waals surface area (Å²) in [5.41, 5.74) is -0.924. The Balaban J connectivity index is 1.47. The number of nitrogens with one attached hydrogen (secondary N) is 2. The summed E-state index contributed by atoms with van der Waals surface area (Å²) in [6.07, 6.45) is 4.22. The molecule has 0 aliphatic carbocycles. The highest BCUT2D eigenvalue weighted by Crippen LogP contribution is 2.58. The second-order valence-corrected chi connectivity index (χ2v) is 9.58. The molecule has 0 saturated carbocycles. The Labute approximate surface area is 195 Å². The molecule has 0 radical (unpaired) electrons. The first-order chi connectivity index (χ1) is 16.0. The van der Waals surface area contributed by atoms with Gasteiger partial charge in [-0.15, -0.1) is 0 Å². The van der Waals surface area contributed by atoms with Crippen LogP contribution in [0.25, 0.3) is 0 Å². The molecule has 4 aliphatic rings. The standard InChI is InChI=1S/C23H38N4O6/c1-24-20(29)17-16-6-7-23(33-16)18(17)22(31)27(9-4-2-3-5-13-28)19(23)21(30)25-8-10-26-11-14-32-15-12-26/h16-19,28H,2-15H2,1H3,(H,24,29)(H,25,30)/t16-,17+,18+,19?,23?/m1/s1. The lowest BCUT2D eigenvalue weighted by Crippen LogP contribution is -2.56. The third-order valence-corrected chi connectivity index (χ3v) is 7.74. The van der Waals surface area contributed by atoms with Crippen molar-refractivity contribution in [1.29, 1.82) is 0 Å². The van der Waals surface area contributed by atoms with Crippen LogP contribution in [0.1, 0.15) is 38.5 Å². The van der Waals surface area contributed by atoms with Gasteiger partial charge >= 0.3 is 0 Å². The minimum absolute atomic E-state index is 0.138. The van der Waals surface area contributed by atoms with Crippen molar-refractivity contribution in [2.75, 3.05) is 59.6 Å². The molecule has 186 valence electrons. The molecule has 4 rings (SSSR count). The van der Waals surface area contributed by atoms with E-state index in [0.717, 1.165) is 45.3 Å². The van der Waals surface area contributed by atoms with Crippen LogP contribution in [0.3, 0.4) is 0 Å². The molecule has 5 atom stereocenters. The van der Waals surface area contributed by atoms with Crippen LogP contribution < -0.4 is 10.6 Å². The maximum atomic E-state index is 13.6. The van der Waals surface area contributed by atoms with Crippen LogP contribution in [0.15, 0.2) is 0 Å². The number of hydrogen-bond donors (Lipinski definition) is 3. The van der Waals surface area contributed by atoms with Crippen molar-refractivity contribution in [3.63, 3.8) is 0 Å². The average Bonchev–Trinajstić information content (AvgIpc) is 3.46. The first-order valence-electron chi connectivity index (χ1n) is 12.4. The van der Waals surface area contributed by atoms with Gasteiger partial charge in [0.25, 0.3) is 0 Å². The fourth-order valence-corrected chi connectivity index (χ4v) is 6.17. The molecule has 4 fully saturated rings. The molecule has 10 heteroatoms. The van der Waals surface area contributed by atoms with Crippen LogP contribution in [-0.4, -0.2) is 110 Å². The number of hydrogen-bond acceptors (Lipinski definition) is 7. The van der Waals surface area contributed by atoms with Crippen molar-refractivity contribution in [1.82, 2.24) is 20.4 Å². The first kappa shape index (κ1) is 24.4. The number of ether oxygens (including phenoxy) is 2. The molecule has 3 amide bonds. The van der Waals surface area contributed by atoms with Gasteiger partial charge in [0.05, 0.1) is 31.2 Å². The summed E-state index contributed by atoms with van der Waals surface area (Å²) in [5.74, 6) is -1.66. The Hall–Kier alpha value is -1.75. The van der Waals surface area contributed by atoms with Crippen LogP contribution in [0.5, 0.6) is 0 Å². The van der Waals surface area contributed by atoms with E-state index in [1.165, 1.54) is 0 Å². The maximum Gasteiger partial charge on any atom is 0.245 e. The van der Waals surface area contributed by atoms with Gasteiger partial charge in [-0.05, 0) is 25.7 Å². The van der Waals surface area contributed by atoms with E-state index in [9.17, 15) is 14.4 Å². The number of carbonyl (C=O) groups excluding carboxylic acids is 3. The molecular weight excluding hydrogens is 428 g/mol. The Kier molecular flexibility index (Phi) is 7.88. The second-order valence-electron chi connectivity index (χ2n) is 9.58. The zero-order chi connectivity index (χ0) is 23.4. The summed E-state index contributed by atoms with van der Waals surface area (Å²) >= 11 is 0. The van der Waals surface area contributed by atoms with Gasteiger partial charge in [-0.2, -0.15) is 0 Å². The van der Waals surface area contributed by atoms with Crippen molar-refractivity contribution in [3.8, 4) is 0 Å². The Morgan fingerprint density at radius 1 is 1.12 bits per heavy atom. The van der Waals surface area contributed by atoms with Gasteiger partial charge < -0.3 is 30.1 Å². The average molecular weight is 467 g/mol. The first-order valence-corrected chi connectivity index (χ1v) is 12.4. The number of aliphatic hydroxyl groups is 1. The molecule has 4 saturated heterocycles. The summed E-state index contributed by atoms with van der Waals surface area (Å²) in [4.78, 5) is 43.6. The second kappa shape index (κ2) is 10.7. The molecule has 1 spiro atoms. The number of morpholine rings is 1. The van der Waals surface area contributed by atoms with Gasteiger partial charge in [-0.3, -0.25) is 19.3 Å². The number of carbonyl (C=O) groups is 3. The molecule has 4 aliphatic heterocycles. The van der Waals surface area contributed by atoms with Gasteiger partial charge in [0.15, 0.2) is 0 Å². The number of aliphatic hydroxyl groups excluding tert-OH is 1. The number of amides is 3. The molecule has 0 aromatic carbocycles. The highest BCUT2D eigenvalue weighted by molar-refractivity contribution is 5.98. The van der Waals surface area contributed by atoms with E-state index in [1.54, 1.807) is 11.9 Å². The normalized spacial score (nSPS) is 33.4. The Bertz CT molecular complexity index is 730. The largest absolute Gasteiger partial charge is 0.396 e. The van der Waals surface area contributed by atoms with Crippen LogP contribution in [-0.2, 0) is 23.9 Å². The van der Waals surface area contributed by atoms with E-state index in [0.29, 0.717) is 39.1 Å². The molecule has 10 nitrogen and oxygen atoms in total. The molecule has 2 unspecified atom stereocenters. The molecule has 0 aromatic heterocycles. The smallest absolute Gasteiger partial charge is 0.245 e. The third-order valence-electron chi connectivity index (χ3n) is 7.74. The molecule has 2 bridgehead atoms. The fourth-order valence-electron chi connectivity index (χ4n) is 6.17. The van der Waals surface area contributed by atoms with Crippen molar-refractivity contribution < 1.29 is 29.0 Å². The Morgan fingerprint density at radius 3 is 2.61 bits per heavy atom. The lowest BCUT2D eigenvalue weighted by molar-refractivity contribution is -0.142. The summed E-state index contributed by atoms with van der Waals surface area (Å²) in [6.45, 7) is 4.95. The van der Waals surface area contributed by atoms with E-state index in [4.69, 9.17) is 14.6 Å². The van der Waals surface area contributed by atoms with Gasteiger partial charge in [-0.1, -0.05) is 12.8 Å². The Morgan fingerprint density at radius 2 is 1.88 bits per heavy atom. The lowest BCUT2D eigenvalue weighted by Gasteiger charge is -2.34. The SMILES string of the molecule is CNC(=O)[C@@H]1[C@H]2C(=O)N(CCCCCCO)C(C(=O)NCCN3CCOCC3)C23CC[C@H]1O3. The molecule has 3 N–H and O–H groups in total. The number of fused-ring (bicyclic) bond motifs is 1. The molecule has 4 heterocycles. The summed E-state index contributed by atoms with van der Waals surface area (Å²) in [5, 5.41) is 14.8. The van der Waals surface area contributed by atoms with Crippen molar-refractivity contribution in [2.24, 2.45) is 11.8 Å². The number of rotatable bonds is 11. The predicted molar refractivity (Wildman–Crippen MR) is 119 cm³/mol. The van der Waals surface area contributed by atoms with E-state index in [1.807, 2.05) is 0 Å². The van der Waals surface area contributed by atoms with Gasteiger partial charge in [0.1, 0.15) is 11.6 Å². The minimum atomic E-state index is -0.924. The van der Waals surface area contributed by atoms with E-state index in [2.05, 4.69) is 15.5 Å². The summed E-state index contributed by atoms with van der Waals surface area (Å²) in [7, 11) is 1.58. The number of nitrogens with zero attached hydrogens (tertiary/aromatic N) is 2. The zero-order valence-corrected chi connectivity index (χ0v) is 19.6. The van der Waals surface area contributed by atoms with Crippen molar-refractivity contribution >= 4 is 17.7 Å². The van der Waals surface area contributed by atoms with Gasteiger partial charge in [0, 0.05) is 46.4 Å². The quantitative estimate of drug-likeness (QED) is 0.338. The van der Waals surface area contributed by atoms with Crippen LogP contribution >= 0.6 is 0 Å². The van der Waals surface area contributed by atoms with E-state index in [-0.39, 0.29) is 30.4 Å². The van der Waals surface area contributed by atoms with Gasteiger partial charge in [-0.25, -0.2) is 0 Å². The highest BCUT2D eigenvalue weighted by atomic mass is 16.5. The van der Waals surface area contributed by atoms with Gasteiger partial charge in [0.2, 0.25) is 17.7 Å². The van der Waals surface area contributed by atoms with Crippen LogP contribution in [0.2, 0.25) is 0 Å². The highest BCUT2D eigenvalue weighted by Gasteiger charge is 2.74. The lowest BCUT2D eigenvalue weighted by atomic mass is 9.70. The zero-order valence-electron chi connectivity index (χ0n) is 19.6. The van der Waals surface area contributed by atoms with E-state index < -0.39 is 23.5 Å². The van der Waals surface area contributed by atoms with Crippen LogP contribution in [0, 0.1) is 11.8 Å². The van der Waals surface area contributed by atoms with Crippen molar-refractivity contribution in [2.45, 2.75) is 56.3 Å². The number of likely N-dealkylation sites (tertiary alicyclic amines) is 1. The summed E-state index contributed by atoms with van der Waals surface area (Å²) < 4.78 is 11.7. The molecular formula is C23H38N4O6. The predicted octanol–water partition coefficient (Wildman–Crippen LogP) is -0.892. The van der Waals surface area contributed by atoms with Crippen LogP contribution in [0.4, 0.5) is 0 Å².